The van der Waals surface area contributed by atoms with E-state index in [0.717, 1.165) is 34.6 Å². The maximum Gasteiger partial charge on any atom is 0.124 e. The van der Waals surface area contributed by atoms with Gasteiger partial charge in [0.1, 0.15) is 16.9 Å². The predicted octanol–water partition coefficient (Wildman–Crippen LogP) is 3.40. The minimum atomic E-state index is -0.217. The number of hydrogen-bond donors (Lipinski definition) is 0. The highest BCUT2D eigenvalue weighted by Gasteiger charge is 2.24. The lowest BCUT2D eigenvalue weighted by Crippen LogP contribution is -2.37. The first-order valence-electron chi connectivity index (χ1n) is 7.56. The van der Waals surface area contributed by atoms with Crippen molar-refractivity contribution in [1.82, 2.24) is 14.9 Å². The van der Waals surface area contributed by atoms with Gasteiger partial charge < -0.3 is 4.74 Å². The Hall–Kier alpha value is -1.89. The second kappa shape index (κ2) is 6.31. The van der Waals surface area contributed by atoms with Gasteiger partial charge >= 0.3 is 0 Å². The number of pyridine rings is 1. The number of halogens is 1. The summed E-state index contributed by atoms with van der Waals surface area (Å²) in [6.45, 7) is 2.91. The van der Waals surface area contributed by atoms with E-state index >= 15 is 0 Å². The zero-order valence-electron chi connectivity index (χ0n) is 12.5. The summed E-state index contributed by atoms with van der Waals surface area (Å²) in [6, 6.07) is 6.85. The third-order valence-corrected chi connectivity index (χ3v) is 4.89. The molecule has 0 bridgehead atoms. The molecule has 0 amide bonds. The maximum atomic E-state index is 13.9. The van der Waals surface area contributed by atoms with Gasteiger partial charge in [0.15, 0.2) is 0 Å². The number of hydrogen-bond acceptors (Lipinski definition) is 5. The molecule has 0 spiro atoms. The van der Waals surface area contributed by atoms with Gasteiger partial charge in [0.25, 0.3) is 0 Å². The Labute approximate surface area is 137 Å². The van der Waals surface area contributed by atoms with E-state index in [1.807, 2.05) is 17.5 Å². The predicted molar refractivity (Wildman–Crippen MR) is 87.8 cm³/mol. The quantitative estimate of drug-likeness (QED) is 0.738. The van der Waals surface area contributed by atoms with Gasteiger partial charge in [-0.25, -0.2) is 9.37 Å². The van der Waals surface area contributed by atoms with E-state index in [4.69, 9.17) is 4.74 Å². The number of aromatic nitrogens is 2. The van der Waals surface area contributed by atoms with Gasteiger partial charge in [0.2, 0.25) is 0 Å². The summed E-state index contributed by atoms with van der Waals surface area (Å²) in [5.41, 5.74) is 1.78. The van der Waals surface area contributed by atoms with Crippen LogP contribution in [0.2, 0.25) is 0 Å². The molecule has 4 nitrogen and oxygen atoms in total. The molecule has 6 heteroatoms. The summed E-state index contributed by atoms with van der Waals surface area (Å²) in [4.78, 5) is 11.0. The van der Waals surface area contributed by atoms with Crippen molar-refractivity contribution >= 4 is 22.2 Å². The van der Waals surface area contributed by atoms with Gasteiger partial charge in [-0.05, 0) is 23.8 Å². The average Bonchev–Trinajstić information content (AvgIpc) is 3.09. The normalized spacial score (nSPS) is 19.3. The Morgan fingerprint density at radius 2 is 2.26 bits per heavy atom. The van der Waals surface area contributed by atoms with Crippen LogP contribution < -0.4 is 0 Å². The SMILES string of the molecule is Fc1cc(CN2CCO[C@@H](c3nccs3)C2)c2ncccc2c1. The van der Waals surface area contributed by atoms with Crippen LogP contribution in [0.25, 0.3) is 10.9 Å². The van der Waals surface area contributed by atoms with E-state index in [1.165, 1.54) is 6.07 Å². The first kappa shape index (κ1) is 14.7. The Morgan fingerprint density at radius 3 is 3.13 bits per heavy atom. The van der Waals surface area contributed by atoms with Crippen LogP contribution in [0.3, 0.4) is 0 Å². The summed E-state index contributed by atoms with van der Waals surface area (Å²) in [6.07, 6.45) is 3.55. The van der Waals surface area contributed by atoms with Crippen molar-refractivity contribution in [2.75, 3.05) is 19.7 Å². The van der Waals surface area contributed by atoms with Gasteiger partial charge in [-0.15, -0.1) is 11.3 Å². The monoisotopic (exact) mass is 329 g/mol. The number of ether oxygens (including phenoxy) is 1. The summed E-state index contributed by atoms with van der Waals surface area (Å²) >= 11 is 1.61. The van der Waals surface area contributed by atoms with Crippen molar-refractivity contribution in [2.24, 2.45) is 0 Å². The van der Waals surface area contributed by atoms with Crippen molar-refractivity contribution in [3.63, 3.8) is 0 Å². The number of thiazole rings is 1. The molecular weight excluding hydrogens is 313 g/mol. The number of morpholine rings is 1. The Bertz CT molecular complexity index is 809. The smallest absolute Gasteiger partial charge is 0.124 e. The molecule has 1 aromatic carbocycles. The standard InChI is InChI=1S/C17H16FN3OS/c18-14-8-12-2-1-3-19-16(12)13(9-14)10-21-5-6-22-15(11-21)17-20-4-7-23-17/h1-4,7-9,15H,5-6,10-11H2/t15-/m1/s1. The minimum Gasteiger partial charge on any atom is -0.368 e. The van der Waals surface area contributed by atoms with Gasteiger partial charge in [-0.2, -0.15) is 0 Å². The van der Waals surface area contributed by atoms with Crippen molar-refractivity contribution in [3.8, 4) is 0 Å². The summed E-state index contributed by atoms with van der Waals surface area (Å²) < 4.78 is 19.7. The number of rotatable bonds is 3. The van der Waals surface area contributed by atoms with Crippen LogP contribution in [0.4, 0.5) is 4.39 Å². The fourth-order valence-electron chi connectivity index (χ4n) is 2.98. The lowest BCUT2D eigenvalue weighted by atomic mass is 10.1. The Morgan fingerprint density at radius 1 is 1.30 bits per heavy atom. The average molecular weight is 329 g/mol. The highest BCUT2D eigenvalue weighted by atomic mass is 32.1. The highest BCUT2D eigenvalue weighted by molar-refractivity contribution is 7.09. The van der Waals surface area contributed by atoms with E-state index in [1.54, 1.807) is 29.8 Å². The molecule has 0 saturated carbocycles. The lowest BCUT2D eigenvalue weighted by Gasteiger charge is -2.32. The van der Waals surface area contributed by atoms with Crippen LogP contribution in [0.5, 0.6) is 0 Å². The van der Waals surface area contributed by atoms with Gasteiger partial charge in [0, 0.05) is 42.8 Å². The molecule has 1 aliphatic heterocycles. The molecule has 0 radical (unpaired) electrons. The molecule has 1 fully saturated rings. The molecule has 0 N–H and O–H groups in total. The second-order valence-electron chi connectivity index (χ2n) is 5.60. The zero-order chi connectivity index (χ0) is 15.6. The molecule has 0 unspecified atom stereocenters. The largest absolute Gasteiger partial charge is 0.368 e. The third-order valence-electron chi connectivity index (χ3n) is 4.02. The minimum absolute atomic E-state index is 0.00321. The van der Waals surface area contributed by atoms with Crippen LogP contribution in [0.15, 0.2) is 42.0 Å². The topological polar surface area (TPSA) is 38.2 Å². The van der Waals surface area contributed by atoms with Crippen LogP contribution in [-0.2, 0) is 11.3 Å². The Kier molecular flexibility index (Phi) is 4.03. The zero-order valence-corrected chi connectivity index (χ0v) is 13.3. The van der Waals surface area contributed by atoms with E-state index < -0.39 is 0 Å². The molecule has 23 heavy (non-hydrogen) atoms. The fraction of sp³-hybridized carbons (Fsp3) is 0.294. The molecule has 4 rings (SSSR count). The maximum absolute atomic E-state index is 13.9. The van der Waals surface area contributed by atoms with Crippen LogP contribution in [0, 0.1) is 5.82 Å². The number of fused-ring (bicyclic) bond motifs is 1. The first-order chi connectivity index (χ1) is 11.3. The van der Waals surface area contributed by atoms with Gasteiger partial charge in [-0.3, -0.25) is 9.88 Å². The summed E-state index contributed by atoms with van der Waals surface area (Å²) in [7, 11) is 0. The molecule has 1 saturated heterocycles. The van der Waals surface area contributed by atoms with Crippen molar-refractivity contribution in [2.45, 2.75) is 12.6 Å². The van der Waals surface area contributed by atoms with Gasteiger partial charge in [0.05, 0.1) is 12.1 Å². The summed E-state index contributed by atoms with van der Waals surface area (Å²) in [5, 5.41) is 3.80. The summed E-state index contributed by atoms with van der Waals surface area (Å²) in [5.74, 6) is -0.217. The van der Waals surface area contributed by atoms with E-state index in [-0.39, 0.29) is 11.9 Å². The third kappa shape index (κ3) is 3.10. The van der Waals surface area contributed by atoms with Crippen LogP contribution >= 0.6 is 11.3 Å². The molecule has 118 valence electrons. The lowest BCUT2D eigenvalue weighted by molar-refractivity contribution is -0.0329. The molecular formula is C17H16FN3OS. The van der Waals surface area contributed by atoms with E-state index in [2.05, 4.69) is 14.9 Å². The molecule has 3 aromatic rings. The van der Waals surface area contributed by atoms with Gasteiger partial charge in [-0.1, -0.05) is 6.07 Å². The molecule has 2 aromatic heterocycles. The van der Waals surface area contributed by atoms with Crippen molar-refractivity contribution < 1.29 is 9.13 Å². The molecule has 1 aliphatic rings. The van der Waals surface area contributed by atoms with Crippen LogP contribution in [-0.4, -0.2) is 34.6 Å². The van der Waals surface area contributed by atoms with Crippen molar-refractivity contribution in [3.05, 3.63) is 58.4 Å². The Balaban J connectivity index is 1.58. The highest BCUT2D eigenvalue weighted by Crippen LogP contribution is 2.26. The fourth-order valence-corrected chi connectivity index (χ4v) is 3.66. The van der Waals surface area contributed by atoms with Crippen LogP contribution in [0.1, 0.15) is 16.7 Å². The van der Waals surface area contributed by atoms with E-state index in [0.29, 0.717) is 13.2 Å². The number of nitrogens with zero attached hydrogens (tertiary/aromatic N) is 3. The number of benzene rings is 1. The van der Waals surface area contributed by atoms with E-state index in [9.17, 15) is 4.39 Å². The first-order valence-corrected chi connectivity index (χ1v) is 8.44. The van der Waals surface area contributed by atoms with Crippen molar-refractivity contribution in [1.29, 1.82) is 0 Å². The molecule has 1 atom stereocenters. The molecule has 0 aliphatic carbocycles. The second-order valence-corrected chi connectivity index (χ2v) is 6.53. The molecule has 3 heterocycles.